The number of carbonyl (C=O) groups excluding carboxylic acids is 2. The van der Waals surface area contributed by atoms with Crippen LogP contribution in [0.15, 0.2) is 82.2 Å². The number of rotatable bonds is 11. The highest BCUT2D eigenvalue weighted by Crippen LogP contribution is 2.26. The van der Waals surface area contributed by atoms with Gasteiger partial charge in [0.15, 0.2) is 0 Å². The van der Waals surface area contributed by atoms with E-state index in [-0.39, 0.29) is 28.7 Å². The van der Waals surface area contributed by atoms with Gasteiger partial charge in [-0.1, -0.05) is 58.7 Å². The molecule has 39 heavy (non-hydrogen) atoms. The molecule has 0 aliphatic carbocycles. The van der Waals surface area contributed by atoms with Crippen molar-refractivity contribution in [2.45, 2.75) is 57.6 Å². The second-order valence-corrected chi connectivity index (χ2v) is 12.2. The van der Waals surface area contributed by atoms with Crippen LogP contribution in [0.3, 0.4) is 0 Å². The quantitative estimate of drug-likeness (QED) is 0.311. The lowest BCUT2D eigenvalue weighted by Gasteiger charge is -2.32. The molecule has 0 aliphatic rings. The van der Waals surface area contributed by atoms with Crippen molar-refractivity contribution in [3.8, 4) is 0 Å². The van der Waals surface area contributed by atoms with Gasteiger partial charge in [-0.05, 0) is 69.7 Å². The summed E-state index contributed by atoms with van der Waals surface area (Å²) < 4.78 is 43.9. The Morgan fingerprint density at radius 2 is 1.59 bits per heavy atom. The molecule has 0 aliphatic heterocycles. The van der Waals surface area contributed by atoms with E-state index in [1.165, 1.54) is 35.2 Å². The first-order chi connectivity index (χ1) is 18.4. The fourth-order valence-corrected chi connectivity index (χ4v) is 5.51. The van der Waals surface area contributed by atoms with Crippen LogP contribution >= 0.6 is 15.9 Å². The van der Waals surface area contributed by atoms with Gasteiger partial charge in [0.1, 0.15) is 18.4 Å². The number of benzene rings is 3. The number of carbonyl (C=O) groups is 2. The summed E-state index contributed by atoms with van der Waals surface area (Å²) in [7, 11) is -4.17. The lowest BCUT2D eigenvalue weighted by molar-refractivity contribution is -0.139. The van der Waals surface area contributed by atoms with Crippen LogP contribution in [0, 0.1) is 12.7 Å². The van der Waals surface area contributed by atoms with Gasteiger partial charge in [-0.25, -0.2) is 12.8 Å². The molecular formula is C29H33BrFN3O4S. The van der Waals surface area contributed by atoms with Crippen molar-refractivity contribution in [1.29, 1.82) is 0 Å². The summed E-state index contributed by atoms with van der Waals surface area (Å²) in [4.78, 5) is 28.1. The molecular weight excluding hydrogens is 585 g/mol. The number of anilines is 1. The van der Waals surface area contributed by atoms with Gasteiger partial charge in [-0.2, -0.15) is 0 Å². The molecule has 2 atom stereocenters. The molecule has 0 saturated carbocycles. The van der Waals surface area contributed by atoms with Crippen LogP contribution in [0.5, 0.6) is 0 Å². The third kappa shape index (κ3) is 7.67. The van der Waals surface area contributed by atoms with E-state index < -0.39 is 40.2 Å². The van der Waals surface area contributed by atoms with Gasteiger partial charge in [-0.3, -0.25) is 13.9 Å². The standard InChI is InChI=1S/C29H33BrFN3O4S/c1-5-21(3)32-29(36)22(4)33(18-23-8-6-7-9-27(23)31)28(35)19-34(25-14-12-24(30)13-15-25)39(37,38)26-16-10-20(2)11-17-26/h6-17,21-22H,5,18-19H2,1-4H3,(H,32,36)/t21-,22+/m1/s1. The summed E-state index contributed by atoms with van der Waals surface area (Å²) in [5.74, 6) is -1.59. The summed E-state index contributed by atoms with van der Waals surface area (Å²) in [6.45, 7) is 6.36. The highest BCUT2D eigenvalue weighted by molar-refractivity contribution is 9.10. The molecule has 3 aromatic rings. The Morgan fingerprint density at radius 3 is 2.18 bits per heavy atom. The molecule has 3 rings (SSSR count). The van der Waals surface area contributed by atoms with E-state index >= 15 is 0 Å². The molecule has 0 bridgehead atoms. The van der Waals surface area contributed by atoms with Crippen LogP contribution in [0.2, 0.25) is 0 Å². The fourth-order valence-electron chi connectivity index (χ4n) is 3.83. The van der Waals surface area contributed by atoms with Crippen LogP contribution in [-0.2, 0) is 26.2 Å². The third-order valence-corrected chi connectivity index (χ3v) is 8.79. The van der Waals surface area contributed by atoms with Crippen LogP contribution in [-0.4, -0.2) is 43.8 Å². The lowest BCUT2D eigenvalue weighted by Crippen LogP contribution is -2.52. The van der Waals surface area contributed by atoms with Gasteiger partial charge in [0.2, 0.25) is 11.8 Å². The Hall–Kier alpha value is -3.24. The number of nitrogens with zero attached hydrogens (tertiary/aromatic N) is 2. The number of hydrogen-bond donors (Lipinski definition) is 1. The SMILES string of the molecule is CC[C@@H](C)NC(=O)[C@H](C)N(Cc1ccccc1F)C(=O)CN(c1ccc(Br)cc1)S(=O)(=O)c1ccc(C)cc1. The van der Waals surface area contributed by atoms with E-state index in [9.17, 15) is 22.4 Å². The van der Waals surface area contributed by atoms with Crippen molar-refractivity contribution in [3.63, 3.8) is 0 Å². The maximum atomic E-state index is 14.6. The lowest BCUT2D eigenvalue weighted by atomic mass is 10.1. The van der Waals surface area contributed by atoms with Crippen molar-refractivity contribution in [2.24, 2.45) is 0 Å². The Morgan fingerprint density at radius 1 is 0.974 bits per heavy atom. The molecule has 0 heterocycles. The minimum atomic E-state index is -4.17. The molecule has 1 N–H and O–H groups in total. The van der Waals surface area contributed by atoms with E-state index in [0.717, 1.165) is 14.3 Å². The molecule has 0 radical (unpaired) electrons. The van der Waals surface area contributed by atoms with Gasteiger partial charge in [0.25, 0.3) is 10.0 Å². The second-order valence-electron chi connectivity index (χ2n) is 9.41. The minimum Gasteiger partial charge on any atom is -0.352 e. The Balaban J connectivity index is 2.03. The molecule has 0 spiro atoms. The van der Waals surface area contributed by atoms with E-state index in [1.54, 1.807) is 49.4 Å². The first kappa shape index (κ1) is 30.3. The van der Waals surface area contributed by atoms with Gasteiger partial charge in [0, 0.05) is 22.6 Å². The minimum absolute atomic E-state index is 0.0204. The van der Waals surface area contributed by atoms with E-state index in [4.69, 9.17) is 0 Å². The first-order valence-electron chi connectivity index (χ1n) is 12.6. The fraction of sp³-hybridized carbons (Fsp3) is 0.310. The molecule has 0 saturated heterocycles. The first-order valence-corrected chi connectivity index (χ1v) is 14.9. The number of aryl methyl sites for hydroxylation is 1. The second kappa shape index (κ2) is 13.2. The molecule has 0 aromatic heterocycles. The topological polar surface area (TPSA) is 86.8 Å². The number of amides is 2. The number of hydrogen-bond acceptors (Lipinski definition) is 4. The van der Waals surface area contributed by atoms with Crippen molar-refractivity contribution in [3.05, 3.63) is 94.2 Å². The maximum Gasteiger partial charge on any atom is 0.264 e. The average molecular weight is 619 g/mol. The molecule has 0 unspecified atom stereocenters. The summed E-state index contributed by atoms with van der Waals surface area (Å²) >= 11 is 3.35. The van der Waals surface area contributed by atoms with Crippen molar-refractivity contribution < 1.29 is 22.4 Å². The number of sulfonamides is 1. The maximum absolute atomic E-state index is 14.6. The third-order valence-electron chi connectivity index (χ3n) is 6.47. The smallest absolute Gasteiger partial charge is 0.264 e. The van der Waals surface area contributed by atoms with Gasteiger partial charge < -0.3 is 10.2 Å². The molecule has 208 valence electrons. The average Bonchev–Trinajstić information content (AvgIpc) is 2.91. The predicted octanol–water partition coefficient (Wildman–Crippen LogP) is 5.42. The monoisotopic (exact) mass is 617 g/mol. The highest BCUT2D eigenvalue weighted by atomic mass is 79.9. The molecule has 2 amide bonds. The molecule has 7 nitrogen and oxygen atoms in total. The molecule has 3 aromatic carbocycles. The Bertz CT molecular complexity index is 1400. The largest absolute Gasteiger partial charge is 0.352 e. The summed E-state index contributed by atoms with van der Waals surface area (Å²) in [5, 5.41) is 2.85. The number of nitrogens with one attached hydrogen (secondary N) is 1. The van der Waals surface area contributed by atoms with Gasteiger partial charge in [0.05, 0.1) is 10.6 Å². The normalized spacial score (nSPS) is 12.9. The van der Waals surface area contributed by atoms with E-state index in [2.05, 4.69) is 21.2 Å². The summed E-state index contributed by atoms with van der Waals surface area (Å²) in [6, 6.07) is 17.7. The molecule has 0 fully saturated rings. The van der Waals surface area contributed by atoms with E-state index in [1.807, 2.05) is 20.8 Å². The zero-order chi connectivity index (χ0) is 28.7. The van der Waals surface area contributed by atoms with E-state index in [0.29, 0.717) is 6.42 Å². The van der Waals surface area contributed by atoms with Crippen LogP contribution in [0.4, 0.5) is 10.1 Å². The number of halogens is 2. The Labute approximate surface area is 238 Å². The zero-order valence-electron chi connectivity index (χ0n) is 22.4. The van der Waals surface area contributed by atoms with Gasteiger partial charge >= 0.3 is 0 Å². The van der Waals surface area contributed by atoms with Crippen molar-refractivity contribution in [2.75, 3.05) is 10.8 Å². The summed E-state index contributed by atoms with van der Waals surface area (Å²) in [6.07, 6.45) is 0.686. The predicted molar refractivity (Wildman–Crippen MR) is 154 cm³/mol. The van der Waals surface area contributed by atoms with Crippen LogP contribution in [0.25, 0.3) is 0 Å². The van der Waals surface area contributed by atoms with Crippen molar-refractivity contribution >= 4 is 43.5 Å². The Kier molecular flexibility index (Phi) is 10.3. The van der Waals surface area contributed by atoms with Crippen LogP contribution in [0.1, 0.15) is 38.3 Å². The summed E-state index contributed by atoms with van der Waals surface area (Å²) in [5.41, 5.74) is 1.37. The van der Waals surface area contributed by atoms with Gasteiger partial charge in [-0.15, -0.1) is 0 Å². The van der Waals surface area contributed by atoms with Crippen molar-refractivity contribution in [1.82, 2.24) is 10.2 Å². The highest BCUT2D eigenvalue weighted by Gasteiger charge is 2.33. The van der Waals surface area contributed by atoms with Crippen LogP contribution < -0.4 is 9.62 Å². The zero-order valence-corrected chi connectivity index (χ0v) is 24.8. The molecule has 10 heteroatoms.